The van der Waals surface area contributed by atoms with Crippen LogP contribution in [0.3, 0.4) is 0 Å². The third-order valence-corrected chi connectivity index (χ3v) is 4.70. The Morgan fingerprint density at radius 2 is 1.65 bits per heavy atom. The van der Waals surface area contributed by atoms with Crippen LogP contribution in [0.15, 0.2) is 66.7 Å². The molecule has 0 aromatic heterocycles. The van der Waals surface area contributed by atoms with E-state index in [1.54, 1.807) is 36.4 Å². The number of carbonyl (C=O) groups is 3. The minimum atomic E-state index is -0.765. The number of esters is 1. The summed E-state index contributed by atoms with van der Waals surface area (Å²) in [5.74, 6) is -1.24. The van der Waals surface area contributed by atoms with Crippen LogP contribution in [0, 0.1) is 0 Å². The van der Waals surface area contributed by atoms with Crippen molar-refractivity contribution >= 4 is 40.6 Å². The number of hydrogen-bond acceptors (Lipinski definition) is 6. The summed E-state index contributed by atoms with van der Waals surface area (Å²) in [5.41, 5.74) is 7.39. The van der Waals surface area contributed by atoms with Gasteiger partial charge in [-0.2, -0.15) is 0 Å². The molecule has 0 spiro atoms. The Morgan fingerprint density at radius 3 is 2.29 bits per heavy atom. The average molecular weight is 439 g/mol. The largest absolute Gasteiger partial charge is 0.496 e. The number of nitrogens with two attached hydrogens (primary N) is 1. The van der Waals surface area contributed by atoms with E-state index in [9.17, 15) is 14.4 Å². The number of hydrogen-bond donors (Lipinski definition) is 2. The van der Waals surface area contributed by atoms with E-state index >= 15 is 0 Å². The molecule has 0 heterocycles. The number of ether oxygens (including phenoxy) is 2. The SMILES string of the molecule is COc1cc(N)c(Cl)cc1C(=O)OCC(=O)c1ccc(NC(=O)c2ccccc2)cc1. The van der Waals surface area contributed by atoms with E-state index in [1.807, 2.05) is 6.07 Å². The first-order chi connectivity index (χ1) is 14.9. The maximum absolute atomic E-state index is 12.4. The van der Waals surface area contributed by atoms with Crippen molar-refractivity contribution in [1.82, 2.24) is 0 Å². The van der Waals surface area contributed by atoms with Crippen molar-refractivity contribution < 1.29 is 23.9 Å². The van der Waals surface area contributed by atoms with Crippen LogP contribution in [0.1, 0.15) is 31.1 Å². The minimum Gasteiger partial charge on any atom is -0.496 e. The standard InChI is InChI=1S/C23H19ClN2O5/c1-30-21-12-19(25)18(24)11-17(21)23(29)31-13-20(27)14-7-9-16(10-8-14)26-22(28)15-5-3-2-4-6-15/h2-12H,13,25H2,1H3,(H,26,28). The van der Waals surface area contributed by atoms with Crippen LogP contribution in [0.5, 0.6) is 5.75 Å². The number of amides is 1. The zero-order chi connectivity index (χ0) is 22.4. The van der Waals surface area contributed by atoms with E-state index in [0.29, 0.717) is 16.8 Å². The third-order valence-electron chi connectivity index (χ3n) is 4.37. The van der Waals surface area contributed by atoms with Crippen LogP contribution in [0.25, 0.3) is 0 Å². The van der Waals surface area contributed by atoms with E-state index in [-0.39, 0.29) is 27.9 Å². The van der Waals surface area contributed by atoms with E-state index in [2.05, 4.69) is 5.32 Å². The fourth-order valence-electron chi connectivity index (χ4n) is 2.72. The Hall–Kier alpha value is -3.84. The third kappa shape index (κ3) is 5.40. The fraction of sp³-hybridized carbons (Fsp3) is 0.0870. The molecule has 0 aliphatic heterocycles. The number of halogens is 1. The highest BCUT2D eigenvalue weighted by atomic mass is 35.5. The molecule has 0 saturated carbocycles. The maximum Gasteiger partial charge on any atom is 0.342 e. The summed E-state index contributed by atoms with van der Waals surface area (Å²) in [6.07, 6.45) is 0. The molecule has 158 valence electrons. The van der Waals surface area contributed by atoms with Crippen LogP contribution in [0.4, 0.5) is 11.4 Å². The molecule has 0 aliphatic carbocycles. The lowest BCUT2D eigenvalue weighted by Gasteiger charge is -2.11. The van der Waals surface area contributed by atoms with Crippen LogP contribution in [-0.2, 0) is 4.74 Å². The van der Waals surface area contributed by atoms with Gasteiger partial charge in [0.2, 0.25) is 0 Å². The van der Waals surface area contributed by atoms with E-state index in [0.717, 1.165) is 0 Å². The van der Waals surface area contributed by atoms with Gasteiger partial charge in [-0.3, -0.25) is 9.59 Å². The predicted molar refractivity (Wildman–Crippen MR) is 118 cm³/mol. The predicted octanol–water partition coefficient (Wildman–Crippen LogP) is 4.22. The highest BCUT2D eigenvalue weighted by Crippen LogP contribution is 2.29. The summed E-state index contributed by atoms with van der Waals surface area (Å²) < 4.78 is 10.2. The van der Waals surface area contributed by atoms with Crippen molar-refractivity contribution in [2.45, 2.75) is 0 Å². The molecule has 0 fully saturated rings. The summed E-state index contributed by atoms with van der Waals surface area (Å²) in [6.45, 7) is -0.473. The lowest BCUT2D eigenvalue weighted by atomic mass is 10.1. The summed E-state index contributed by atoms with van der Waals surface area (Å²) in [7, 11) is 1.38. The van der Waals surface area contributed by atoms with Crippen molar-refractivity contribution in [3.63, 3.8) is 0 Å². The summed E-state index contributed by atoms with van der Waals surface area (Å²) in [5, 5.41) is 2.92. The summed E-state index contributed by atoms with van der Waals surface area (Å²) in [4.78, 5) is 36.9. The second-order valence-corrected chi connectivity index (χ2v) is 6.88. The van der Waals surface area contributed by atoms with Crippen molar-refractivity contribution in [2.75, 3.05) is 24.8 Å². The monoisotopic (exact) mass is 438 g/mol. The molecule has 3 aromatic rings. The molecule has 1 amide bonds. The number of benzene rings is 3. The van der Waals surface area contributed by atoms with Gasteiger partial charge in [-0.1, -0.05) is 29.8 Å². The van der Waals surface area contributed by atoms with Gasteiger partial charge >= 0.3 is 5.97 Å². The van der Waals surface area contributed by atoms with Crippen molar-refractivity contribution in [1.29, 1.82) is 0 Å². The smallest absolute Gasteiger partial charge is 0.342 e. The van der Waals surface area contributed by atoms with Crippen LogP contribution in [0.2, 0.25) is 5.02 Å². The number of ketones is 1. The molecule has 0 atom stereocenters. The number of anilines is 2. The summed E-state index contributed by atoms with van der Waals surface area (Å²) >= 11 is 5.95. The molecule has 0 aliphatic rings. The van der Waals surface area contributed by atoms with Crippen molar-refractivity contribution in [3.05, 3.63) is 88.4 Å². The van der Waals surface area contributed by atoms with Gasteiger partial charge in [0, 0.05) is 22.9 Å². The van der Waals surface area contributed by atoms with Gasteiger partial charge in [0.1, 0.15) is 11.3 Å². The van der Waals surface area contributed by atoms with Gasteiger partial charge in [-0.05, 0) is 42.5 Å². The van der Waals surface area contributed by atoms with E-state index in [4.69, 9.17) is 26.8 Å². The second kappa shape index (κ2) is 9.77. The van der Waals surface area contributed by atoms with Crippen LogP contribution in [-0.4, -0.2) is 31.4 Å². The molecule has 3 N–H and O–H groups in total. The molecule has 3 rings (SSSR count). The Bertz CT molecular complexity index is 1110. The Labute approximate surface area is 183 Å². The lowest BCUT2D eigenvalue weighted by molar-refractivity contribution is 0.0471. The van der Waals surface area contributed by atoms with Crippen molar-refractivity contribution in [3.8, 4) is 5.75 Å². The normalized spacial score (nSPS) is 10.3. The number of nitrogens with one attached hydrogen (secondary N) is 1. The van der Waals surface area contributed by atoms with E-state index < -0.39 is 18.4 Å². The van der Waals surface area contributed by atoms with Crippen LogP contribution < -0.4 is 15.8 Å². The number of Topliss-reactive ketones (excluding diaryl/α,β-unsaturated/α-hetero) is 1. The number of nitrogen functional groups attached to an aromatic ring is 1. The van der Waals surface area contributed by atoms with Gasteiger partial charge in [0.25, 0.3) is 5.91 Å². The highest BCUT2D eigenvalue weighted by Gasteiger charge is 2.18. The van der Waals surface area contributed by atoms with Gasteiger partial charge in [0.15, 0.2) is 12.4 Å². The highest BCUT2D eigenvalue weighted by molar-refractivity contribution is 6.33. The molecule has 0 radical (unpaired) electrons. The summed E-state index contributed by atoms with van der Waals surface area (Å²) in [6, 6.07) is 17.8. The maximum atomic E-state index is 12.4. The minimum absolute atomic E-state index is 0.0634. The quantitative estimate of drug-likeness (QED) is 0.325. The first-order valence-electron chi connectivity index (χ1n) is 9.19. The van der Waals surface area contributed by atoms with Gasteiger partial charge in [0.05, 0.1) is 17.8 Å². The fourth-order valence-corrected chi connectivity index (χ4v) is 2.89. The Kier molecular flexibility index (Phi) is 6.89. The van der Waals surface area contributed by atoms with Gasteiger partial charge in [-0.15, -0.1) is 0 Å². The molecule has 8 heteroatoms. The first kappa shape index (κ1) is 21.9. The van der Waals surface area contributed by atoms with E-state index in [1.165, 1.54) is 31.4 Å². The Balaban J connectivity index is 1.60. The van der Waals surface area contributed by atoms with Crippen molar-refractivity contribution in [2.24, 2.45) is 0 Å². The number of rotatable bonds is 7. The molecule has 0 unspecified atom stereocenters. The lowest BCUT2D eigenvalue weighted by Crippen LogP contribution is -2.15. The first-order valence-corrected chi connectivity index (χ1v) is 9.56. The number of carbonyl (C=O) groups excluding carboxylic acids is 3. The Morgan fingerprint density at radius 1 is 0.968 bits per heavy atom. The molecular weight excluding hydrogens is 420 g/mol. The van der Waals surface area contributed by atoms with Gasteiger partial charge < -0.3 is 20.5 Å². The zero-order valence-electron chi connectivity index (χ0n) is 16.6. The number of methoxy groups -OCH3 is 1. The second-order valence-electron chi connectivity index (χ2n) is 6.47. The molecule has 0 bridgehead atoms. The molecular formula is C23H19ClN2O5. The molecule has 3 aromatic carbocycles. The zero-order valence-corrected chi connectivity index (χ0v) is 17.3. The molecule has 31 heavy (non-hydrogen) atoms. The molecule has 7 nitrogen and oxygen atoms in total. The average Bonchev–Trinajstić information content (AvgIpc) is 2.79. The van der Waals surface area contributed by atoms with Crippen LogP contribution >= 0.6 is 11.6 Å². The van der Waals surface area contributed by atoms with Gasteiger partial charge in [-0.25, -0.2) is 4.79 Å². The topological polar surface area (TPSA) is 108 Å². The molecule has 0 saturated heterocycles.